The zero-order chi connectivity index (χ0) is 31.2. The summed E-state index contributed by atoms with van der Waals surface area (Å²) in [6.45, 7) is 0. The van der Waals surface area contributed by atoms with E-state index in [0.717, 1.165) is 33.4 Å². The van der Waals surface area contributed by atoms with Gasteiger partial charge in [0.05, 0.1) is 36.1 Å². The van der Waals surface area contributed by atoms with Gasteiger partial charge in [-0.25, -0.2) is 0 Å². The number of thioether (sulfide) groups is 1. The summed E-state index contributed by atoms with van der Waals surface area (Å²) in [6, 6.07) is 34.8. The van der Waals surface area contributed by atoms with Gasteiger partial charge in [0.25, 0.3) is 0 Å². The highest BCUT2D eigenvalue weighted by Crippen LogP contribution is 2.33. The molecule has 0 spiro atoms. The van der Waals surface area contributed by atoms with Crippen LogP contribution in [0.4, 0.5) is 0 Å². The van der Waals surface area contributed by atoms with E-state index in [9.17, 15) is 19.8 Å². The summed E-state index contributed by atoms with van der Waals surface area (Å²) in [6.07, 6.45) is 0.846. The summed E-state index contributed by atoms with van der Waals surface area (Å²) in [5.74, 6) is 0.170. The van der Waals surface area contributed by atoms with Crippen molar-refractivity contribution in [3.05, 3.63) is 143 Å². The van der Waals surface area contributed by atoms with E-state index in [1.807, 2.05) is 109 Å². The molecular formula is C38H40N2O4S. The summed E-state index contributed by atoms with van der Waals surface area (Å²) >= 11 is 1.61. The van der Waals surface area contributed by atoms with Crippen molar-refractivity contribution in [2.45, 2.75) is 50.0 Å². The number of hydrogen-bond acceptors (Lipinski definition) is 5. The molecule has 4 aromatic rings. The van der Waals surface area contributed by atoms with Gasteiger partial charge in [-0.15, -0.1) is 0 Å². The minimum absolute atomic E-state index is 0.0955. The van der Waals surface area contributed by atoms with Crippen molar-refractivity contribution in [1.29, 1.82) is 0 Å². The van der Waals surface area contributed by atoms with E-state index in [1.165, 1.54) is 0 Å². The minimum atomic E-state index is -0.661. The Morgan fingerprint density at radius 1 is 0.600 bits per heavy atom. The maximum atomic E-state index is 13.8. The molecule has 2 aliphatic rings. The molecule has 0 aliphatic heterocycles. The van der Waals surface area contributed by atoms with Crippen LogP contribution >= 0.6 is 11.8 Å². The molecule has 232 valence electrons. The van der Waals surface area contributed by atoms with Crippen molar-refractivity contribution in [2.75, 3.05) is 11.5 Å². The van der Waals surface area contributed by atoms with E-state index in [2.05, 4.69) is 10.6 Å². The third-order valence-corrected chi connectivity index (χ3v) is 10.3. The molecule has 2 aliphatic carbocycles. The molecule has 45 heavy (non-hydrogen) atoms. The van der Waals surface area contributed by atoms with E-state index in [0.29, 0.717) is 37.2 Å². The number of carbonyl (C=O) groups is 2. The number of amides is 2. The van der Waals surface area contributed by atoms with Gasteiger partial charge >= 0.3 is 0 Å². The lowest BCUT2D eigenvalue weighted by Crippen LogP contribution is -2.40. The standard InChI is InChI=1S/C38H40N2O4S/c41-33-21-27-15-7-9-17-31(27)35(33)39-37(43)29(19-25-11-3-1-4-12-25)23-45-24-30(20-26-13-5-2-6-14-26)38(44)40-36-32-18-10-8-16-28(32)22-34(36)42/h1-18,29-30,33-36,41-42H,19-24H2,(H,39,43)(H,40,44)/t29?,30?,33-,34-,35+,36+/m1/s1. The summed E-state index contributed by atoms with van der Waals surface area (Å²) in [5.41, 5.74) is 6.21. The van der Waals surface area contributed by atoms with E-state index in [1.54, 1.807) is 11.8 Å². The number of aliphatic hydroxyl groups is 2. The van der Waals surface area contributed by atoms with Gasteiger partial charge in [-0.3, -0.25) is 9.59 Å². The molecule has 0 radical (unpaired) electrons. The quantitative estimate of drug-likeness (QED) is 0.179. The highest BCUT2D eigenvalue weighted by Gasteiger charge is 2.35. The first-order chi connectivity index (χ1) is 22.0. The van der Waals surface area contributed by atoms with Gasteiger partial charge in [-0.05, 0) is 46.2 Å². The van der Waals surface area contributed by atoms with Crippen LogP contribution in [0, 0.1) is 11.8 Å². The van der Waals surface area contributed by atoms with Crippen molar-refractivity contribution in [1.82, 2.24) is 10.6 Å². The largest absolute Gasteiger partial charge is 0.390 e. The predicted octanol–water partition coefficient (Wildman–Crippen LogP) is 4.99. The van der Waals surface area contributed by atoms with E-state index in [-0.39, 0.29) is 23.7 Å². The number of aliphatic hydroxyl groups excluding tert-OH is 2. The van der Waals surface area contributed by atoms with Crippen molar-refractivity contribution >= 4 is 23.6 Å². The lowest BCUT2D eigenvalue weighted by Gasteiger charge is -2.25. The van der Waals surface area contributed by atoms with E-state index >= 15 is 0 Å². The van der Waals surface area contributed by atoms with Crippen LogP contribution in [0.15, 0.2) is 109 Å². The maximum Gasteiger partial charge on any atom is 0.224 e. The number of carbonyl (C=O) groups excluding carboxylic acids is 2. The van der Waals surface area contributed by atoms with Crippen LogP contribution in [-0.2, 0) is 35.3 Å². The first kappa shape index (κ1) is 31.1. The number of benzene rings is 4. The molecule has 0 saturated carbocycles. The summed E-state index contributed by atoms with van der Waals surface area (Å²) in [7, 11) is 0. The van der Waals surface area contributed by atoms with Crippen LogP contribution in [0.5, 0.6) is 0 Å². The highest BCUT2D eigenvalue weighted by atomic mass is 32.2. The second-order valence-corrected chi connectivity index (χ2v) is 13.3. The fourth-order valence-corrected chi connectivity index (χ4v) is 7.89. The van der Waals surface area contributed by atoms with Gasteiger partial charge in [0.15, 0.2) is 0 Å². The molecule has 0 aromatic heterocycles. The van der Waals surface area contributed by atoms with Crippen LogP contribution in [0.25, 0.3) is 0 Å². The van der Waals surface area contributed by atoms with Crippen LogP contribution in [-0.4, -0.2) is 45.7 Å². The predicted molar refractivity (Wildman–Crippen MR) is 179 cm³/mol. The SMILES string of the molecule is O=C(N[C@H]1c2ccccc2C[C@H]1O)C(CSCC(Cc1ccccc1)C(=O)N[C@H]1c2ccccc2C[C@H]1O)Cc1ccccc1. The average Bonchev–Trinajstić information content (AvgIpc) is 3.55. The normalized spacial score (nSPS) is 21.4. The Kier molecular flexibility index (Phi) is 9.99. The highest BCUT2D eigenvalue weighted by molar-refractivity contribution is 7.99. The Labute approximate surface area is 269 Å². The second-order valence-electron chi connectivity index (χ2n) is 12.2. The van der Waals surface area contributed by atoms with Crippen LogP contribution in [0.2, 0.25) is 0 Å². The minimum Gasteiger partial charge on any atom is -0.390 e. The topological polar surface area (TPSA) is 98.7 Å². The zero-order valence-electron chi connectivity index (χ0n) is 25.2. The number of hydrogen-bond donors (Lipinski definition) is 4. The third kappa shape index (κ3) is 7.50. The molecule has 0 heterocycles. The smallest absolute Gasteiger partial charge is 0.224 e. The molecule has 4 aromatic carbocycles. The summed E-state index contributed by atoms with van der Waals surface area (Å²) in [4.78, 5) is 27.6. The van der Waals surface area contributed by atoms with E-state index < -0.39 is 24.3 Å². The molecule has 6 atom stereocenters. The molecule has 4 N–H and O–H groups in total. The first-order valence-corrected chi connectivity index (χ1v) is 16.9. The first-order valence-electron chi connectivity index (χ1n) is 15.7. The Morgan fingerprint density at radius 3 is 1.40 bits per heavy atom. The molecular weight excluding hydrogens is 580 g/mol. The number of nitrogens with one attached hydrogen (secondary N) is 2. The maximum absolute atomic E-state index is 13.8. The van der Waals surface area contributed by atoms with Gasteiger partial charge in [-0.1, -0.05) is 109 Å². The molecule has 7 heteroatoms. The Morgan fingerprint density at radius 2 is 0.978 bits per heavy atom. The lowest BCUT2D eigenvalue weighted by atomic mass is 9.98. The summed E-state index contributed by atoms with van der Waals surface area (Å²) in [5, 5.41) is 27.9. The second kappa shape index (κ2) is 14.5. The Hall–Kier alpha value is -3.91. The van der Waals surface area contributed by atoms with Gasteiger partial charge < -0.3 is 20.8 Å². The van der Waals surface area contributed by atoms with Crippen molar-refractivity contribution in [2.24, 2.45) is 11.8 Å². The average molecular weight is 621 g/mol. The Bertz CT molecular complexity index is 1480. The number of rotatable bonds is 12. The molecule has 2 amide bonds. The molecule has 6 nitrogen and oxygen atoms in total. The molecule has 0 fully saturated rings. The lowest BCUT2D eigenvalue weighted by molar-refractivity contribution is -0.126. The number of fused-ring (bicyclic) bond motifs is 2. The third-order valence-electron chi connectivity index (χ3n) is 9.03. The van der Waals surface area contributed by atoms with Gasteiger partial charge in [0, 0.05) is 24.3 Å². The Balaban J connectivity index is 1.16. The van der Waals surface area contributed by atoms with Crippen molar-refractivity contribution in [3.8, 4) is 0 Å². The van der Waals surface area contributed by atoms with Crippen LogP contribution in [0.3, 0.4) is 0 Å². The molecule has 0 bridgehead atoms. The van der Waals surface area contributed by atoms with Crippen molar-refractivity contribution in [3.63, 3.8) is 0 Å². The van der Waals surface area contributed by atoms with Crippen LogP contribution < -0.4 is 10.6 Å². The van der Waals surface area contributed by atoms with Gasteiger partial charge in [0.1, 0.15) is 0 Å². The fraction of sp³-hybridized carbons (Fsp3) is 0.316. The van der Waals surface area contributed by atoms with Crippen LogP contribution in [0.1, 0.15) is 45.5 Å². The fourth-order valence-electron chi connectivity index (χ4n) is 6.64. The monoisotopic (exact) mass is 620 g/mol. The molecule has 0 saturated heterocycles. The van der Waals surface area contributed by atoms with E-state index in [4.69, 9.17) is 0 Å². The molecule has 2 unspecified atom stereocenters. The summed E-state index contributed by atoms with van der Waals surface area (Å²) < 4.78 is 0. The zero-order valence-corrected chi connectivity index (χ0v) is 26.0. The van der Waals surface area contributed by atoms with Gasteiger partial charge in [-0.2, -0.15) is 11.8 Å². The van der Waals surface area contributed by atoms with Crippen molar-refractivity contribution < 1.29 is 19.8 Å². The van der Waals surface area contributed by atoms with Gasteiger partial charge in [0.2, 0.25) is 11.8 Å². The molecule has 6 rings (SSSR count).